The van der Waals surface area contributed by atoms with Gasteiger partial charge in [-0.2, -0.15) is 0 Å². The first-order valence-corrected chi connectivity index (χ1v) is 8.30. The van der Waals surface area contributed by atoms with Crippen LogP contribution in [0.15, 0.2) is 27.6 Å². The molecule has 0 saturated heterocycles. The van der Waals surface area contributed by atoms with Crippen LogP contribution in [-0.2, 0) is 10.0 Å². The summed E-state index contributed by atoms with van der Waals surface area (Å²) in [5, 5.41) is 0. The van der Waals surface area contributed by atoms with Gasteiger partial charge in [0.15, 0.2) is 0 Å². The Morgan fingerprint density at radius 1 is 1.50 bits per heavy atom. The van der Waals surface area contributed by atoms with Crippen molar-refractivity contribution >= 4 is 38.4 Å². The Morgan fingerprint density at radius 2 is 2.15 bits per heavy atom. The maximum absolute atomic E-state index is 12.1. The molecule has 0 spiro atoms. The van der Waals surface area contributed by atoms with E-state index in [1.807, 2.05) is 0 Å². The highest BCUT2D eigenvalue weighted by Gasteiger charge is 2.29. The zero-order chi connectivity index (χ0) is 14.0. The highest BCUT2D eigenvalue weighted by Crippen LogP contribution is 2.31. The smallest absolute Gasteiger partial charge is 0.240 e. The number of halogens is 2. The first kappa shape index (κ1) is 17.7. The van der Waals surface area contributed by atoms with E-state index in [4.69, 9.17) is 10.5 Å². The molecule has 1 unspecified atom stereocenters. The number of sulfonamides is 1. The van der Waals surface area contributed by atoms with Crippen LogP contribution >= 0.6 is 28.3 Å². The van der Waals surface area contributed by atoms with Gasteiger partial charge < -0.3 is 10.5 Å². The maximum atomic E-state index is 12.1. The van der Waals surface area contributed by atoms with Crippen molar-refractivity contribution in [2.75, 3.05) is 13.7 Å². The molecule has 114 valence electrons. The van der Waals surface area contributed by atoms with Crippen LogP contribution in [-0.4, -0.2) is 28.1 Å². The van der Waals surface area contributed by atoms with E-state index in [9.17, 15) is 8.42 Å². The van der Waals surface area contributed by atoms with Crippen LogP contribution in [0, 0.1) is 5.92 Å². The summed E-state index contributed by atoms with van der Waals surface area (Å²) in [4.78, 5) is 0.176. The number of methoxy groups -OCH3 is 1. The van der Waals surface area contributed by atoms with Crippen LogP contribution < -0.4 is 15.2 Å². The summed E-state index contributed by atoms with van der Waals surface area (Å²) >= 11 is 3.29. The van der Waals surface area contributed by atoms with Crippen LogP contribution in [0.3, 0.4) is 0 Å². The molecule has 1 aromatic carbocycles. The minimum absolute atomic E-state index is 0. The predicted molar refractivity (Wildman–Crippen MR) is 83.8 cm³/mol. The Labute approximate surface area is 133 Å². The first-order valence-electron chi connectivity index (χ1n) is 6.03. The van der Waals surface area contributed by atoms with Crippen LogP contribution in [0.4, 0.5) is 0 Å². The second kappa shape index (κ2) is 7.09. The molecule has 1 aliphatic carbocycles. The molecule has 0 radical (unpaired) electrons. The van der Waals surface area contributed by atoms with Gasteiger partial charge in [0.2, 0.25) is 10.0 Å². The van der Waals surface area contributed by atoms with Gasteiger partial charge in [0.25, 0.3) is 0 Å². The van der Waals surface area contributed by atoms with Gasteiger partial charge >= 0.3 is 0 Å². The molecule has 8 heteroatoms. The summed E-state index contributed by atoms with van der Waals surface area (Å²) in [7, 11) is -2.05. The molecule has 0 aliphatic heterocycles. The van der Waals surface area contributed by atoms with Crippen molar-refractivity contribution < 1.29 is 13.2 Å². The molecule has 1 aliphatic rings. The fourth-order valence-corrected chi connectivity index (χ4v) is 3.28. The number of hydrogen-bond donors (Lipinski definition) is 2. The summed E-state index contributed by atoms with van der Waals surface area (Å²) in [5.41, 5.74) is 5.89. The lowest BCUT2D eigenvalue weighted by atomic mass is 10.2. The molecule has 0 bridgehead atoms. The van der Waals surface area contributed by atoms with E-state index in [-0.39, 0.29) is 29.9 Å². The van der Waals surface area contributed by atoms with Crippen molar-refractivity contribution in [2.24, 2.45) is 11.7 Å². The van der Waals surface area contributed by atoms with Gasteiger partial charge in [-0.05, 0) is 46.8 Å². The third-order valence-corrected chi connectivity index (χ3v) is 5.25. The van der Waals surface area contributed by atoms with Crippen LogP contribution in [0.25, 0.3) is 0 Å². The number of rotatable bonds is 6. The Hall–Kier alpha value is -0.340. The lowest BCUT2D eigenvalue weighted by Crippen LogP contribution is -2.38. The topological polar surface area (TPSA) is 81.4 Å². The minimum atomic E-state index is -3.54. The van der Waals surface area contributed by atoms with E-state index in [1.54, 1.807) is 6.07 Å². The lowest BCUT2D eigenvalue weighted by molar-refractivity contribution is 0.410. The van der Waals surface area contributed by atoms with E-state index in [1.165, 1.54) is 19.2 Å². The summed E-state index contributed by atoms with van der Waals surface area (Å²) in [6, 6.07) is 4.55. The first-order chi connectivity index (χ1) is 8.94. The molecule has 3 N–H and O–H groups in total. The van der Waals surface area contributed by atoms with Crippen molar-refractivity contribution in [2.45, 2.75) is 23.8 Å². The molecule has 20 heavy (non-hydrogen) atoms. The third kappa shape index (κ3) is 4.33. The van der Waals surface area contributed by atoms with E-state index >= 15 is 0 Å². The van der Waals surface area contributed by atoms with Crippen molar-refractivity contribution in [3.63, 3.8) is 0 Å². The number of nitrogens with two attached hydrogens (primary N) is 1. The molecular formula is C12H18BrClN2O3S. The zero-order valence-corrected chi connectivity index (χ0v) is 14.2. The molecule has 0 heterocycles. The van der Waals surface area contributed by atoms with Crippen molar-refractivity contribution in [1.29, 1.82) is 0 Å². The number of benzene rings is 1. The molecular weight excluding hydrogens is 368 g/mol. The number of ether oxygens (including phenoxy) is 1. The normalized spacial score (nSPS) is 16.4. The third-order valence-electron chi connectivity index (χ3n) is 3.17. The van der Waals surface area contributed by atoms with Gasteiger partial charge in [-0.1, -0.05) is 0 Å². The maximum Gasteiger partial charge on any atom is 0.240 e. The second-order valence-electron chi connectivity index (χ2n) is 4.65. The Balaban J connectivity index is 0.00000200. The average molecular weight is 386 g/mol. The van der Waals surface area contributed by atoms with Gasteiger partial charge in [0.05, 0.1) is 16.5 Å². The molecule has 1 fully saturated rings. The SMILES string of the molecule is COc1cc(S(=O)(=O)NCC(N)C2CC2)ccc1Br.Cl. The average Bonchev–Trinajstić information content (AvgIpc) is 3.20. The molecule has 1 saturated carbocycles. The lowest BCUT2D eigenvalue weighted by Gasteiger charge is -2.13. The van der Waals surface area contributed by atoms with Crippen molar-refractivity contribution in [1.82, 2.24) is 4.72 Å². The summed E-state index contributed by atoms with van der Waals surface area (Å²) in [6.07, 6.45) is 2.18. The zero-order valence-electron chi connectivity index (χ0n) is 11.0. The van der Waals surface area contributed by atoms with Crippen LogP contribution in [0.5, 0.6) is 5.75 Å². The van der Waals surface area contributed by atoms with Gasteiger partial charge in [0.1, 0.15) is 5.75 Å². The van der Waals surface area contributed by atoms with E-state index < -0.39 is 10.0 Å². The highest BCUT2D eigenvalue weighted by atomic mass is 79.9. The van der Waals surface area contributed by atoms with Crippen molar-refractivity contribution in [3.8, 4) is 5.75 Å². The van der Waals surface area contributed by atoms with Gasteiger partial charge in [-0.25, -0.2) is 13.1 Å². The molecule has 2 rings (SSSR count). The Morgan fingerprint density at radius 3 is 2.70 bits per heavy atom. The number of nitrogens with one attached hydrogen (secondary N) is 1. The molecule has 1 atom stereocenters. The molecule has 1 aromatic rings. The second-order valence-corrected chi connectivity index (χ2v) is 7.27. The monoisotopic (exact) mass is 384 g/mol. The standard InChI is InChI=1S/C12H17BrN2O3S.ClH/c1-18-12-6-9(4-5-10(12)13)19(16,17)15-7-11(14)8-2-3-8;/h4-6,8,11,15H,2-3,7,14H2,1H3;1H. The van der Waals surface area contributed by atoms with E-state index in [2.05, 4.69) is 20.7 Å². The Bertz CT molecular complexity index is 564. The fourth-order valence-electron chi connectivity index (χ4n) is 1.79. The van der Waals surface area contributed by atoms with Gasteiger partial charge in [-0.3, -0.25) is 0 Å². The Kier molecular flexibility index (Phi) is 6.27. The predicted octanol–water partition coefficient (Wildman–Crippen LogP) is 1.90. The quantitative estimate of drug-likeness (QED) is 0.783. The minimum Gasteiger partial charge on any atom is -0.496 e. The molecule has 5 nitrogen and oxygen atoms in total. The highest BCUT2D eigenvalue weighted by molar-refractivity contribution is 9.10. The summed E-state index contributed by atoms with van der Waals surface area (Å²) < 4.78 is 32.6. The van der Waals surface area contributed by atoms with Crippen LogP contribution in [0.1, 0.15) is 12.8 Å². The fraction of sp³-hybridized carbons (Fsp3) is 0.500. The van der Waals surface area contributed by atoms with Gasteiger partial charge in [0, 0.05) is 18.7 Å². The largest absolute Gasteiger partial charge is 0.496 e. The van der Waals surface area contributed by atoms with Gasteiger partial charge in [-0.15, -0.1) is 12.4 Å². The van der Waals surface area contributed by atoms with Crippen molar-refractivity contribution in [3.05, 3.63) is 22.7 Å². The van der Waals surface area contributed by atoms with Crippen LogP contribution in [0.2, 0.25) is 0 Å². The van der Waals surface area contributed by atoms with E-state index in [0.717, 1.165) is 12.8 Å². The molecule has 0 amide bonds. The number of hydrogen-bond acceptors (Lipinski definition) is 4. The summed E-state index contributed by atoms with van der Waals surface area (Å²) in [5.74, 6) is 0.941. The van der Waals surface area contributed by atoms with E-state index in [0.29, 0.717) is 16.1 Å². The molecule has 0 aromatic heterocycles. The summed E-state index contributed by atoms with van der Waals surface area (Å²) in [6.45, 7) is 0.269.